The van der Waals surface area contributed by atoms with Gasteiger partial charge >= 0.3 is 5.97 Å². The molecule has 2 amide bonds. The summed E-state index contributed by atoms with van der Waals surface area (Å²) in [5, 5.41) is 14.2. The number of amides is 2. The molecule has 3 N–H and O–H groups in total. The summed E-state index contributed by atoms with van der Waals surface area (Å²) in [6, 6.07) is 7.94. The van der Waals surface area contributed by atoms with Crippen molar-refractivity contribution >= 4 is 17.8 Å². The van der Waals surface area contributed by atoms with Crippen LogP contribution in [0.1, 0.15) is 59.2 Å². The molecule has 0 atom stereocenters. The number of hydrogen-bond acceptors (Lipinski definition) is 5. The smallest absolute Gasteiger partial charge is 0.306 e. The largest absolute Gasteiger partial charge is 0.490 e. The summed E-state index contributed by atoms with van der Waals surface area (Å²) < 4.78 is 39.9. The molecule has 2 aromatic carbocycles. The van der Waals surface area contributed by atoms with Crippen LogP contribution in [0.25, 0.3) is 0 Å². The summed E-state index contributed by atoms with van der Waals surface area (Å²) in [4.78, 5) is 35.7. The van der Waals surface area contributed by atoms with Crippen molar-refractivity contribution in [1.82, 2.24) is 10.6 Å². The average Bonchev–Trinajstić information content (AvgIpc) is 3.70. The number of carbonyl (C=O) groups is 3. The fourth-order valence-electron chi connectivity index (χ4n) is 4.17. The van der Waals surface area contributed by atoms with Crippen molar-refractivity contribution < 1.29 is 37.7 Å². The number of halogens is 2. The second-order valence-electron chi connectivity index (χ2n) is 9.48. The Bertz CT molecular complexity index is 1150. The molecule has 0 aliphatic heterocycles. The average molecular weight is 517 g/mol. The molecule has 0 saturated heterocycles. The van der Waals surface area contributed by atoms with Crippen molar-refractivity contribution in [3.05, 3.63) is 59.2 Å². The van der Waals surface area contributed by atoms with Gasteiger partial charge in [-0.25, -0.2) is 8.78 Å². The molecule has 2 aliphatic carbocycles. The van der Waals surface area contributed by atoms with Crippen LogP contribution in [-0.2, 0) is 4.79 Å². The molecule has 4 rings (SSSR count). The topological polar surface area (TPSA) is 114 Å². The Morgan fingerprint density at radius 2 is 1.57 bits per heavy atom. The third-order valence-corrected chi connectivity index (χ3v) is 6.57. The third kappa shape index (κ3) is 7.41. The van der Waals surface area contributed by atoms with Crippen LogP contribution in [0.15, 0.2) is 36.4 Å². The Balaban J connectivity index is 1.19. The van der Waals surface area contributed by atoms with Crippen molar-refractivity contribution in [3.8, 4) is 11.5 Å². The van der Waals surface area contributed by atoms with Gasteiger partial charge in [0.15, 0.2) is 11.6 Å². The first-order chi connectivity index (χ1) is 17.8. The molecule has 0 radical (unpaired) electrons. The molecule has 0 heterocycles. The summed E-state index contributed by atoms with van der Waals surface area (Å²) >= 11 is 0. The molecular weight excluding hydrogens is 486 g/mol. The van der Waals surface area contributed by atoms with E-state index in [1.165, 1.54) is 24.3 Å². The summed E-state index contributed by atoms with van der Waals surface area (Å²) in [6.07, 6.45) is 4.13. The van der Waals surface area contributed by atoms with Crippen LogP contribution in [0.2, 0.25) is 0 Å². The Hall–Kier alpha value is -3.69. The van der Waals surface area contributed by atoms with E-state index in [4.69, 9.17) is 14.6 Å². The van der Waals surface area contributed by atoms with Crippen molar-refractivity contribution in [2.45, 2.75) is 44.6 Å². The number of carboxylic acid groups (broad SMARTS) is 1. The SMILES string of the molecule is O=C(NCCNC(=O)c1ccc(OC2CCC(C(=O)O)CC2)cc1F)c1ccc(OCC2CC2)c(F)c1. The second-order valence-corrected chi connectivity index (χ2v) is 9.48. The number of ether oxygens (including phenoxy) is 2. The lowest BCUT2D eigenvalue weighted by atomic mass is 9.87. The first kappa shape index (κ1) is 26.4. The van der Waals surface area contributed by atoms with Crippen LogP contribution in [0.5, 0.6) is 11.5 Å². The van der Waals surface area contributed by atoms with E-state index in [0.29, 0.717) is 38.2 Å². The first-order valence-corrected chi connectivity index (χ1v) is 12.5. The van der Waals surface area contributed by atoms with Crippen molar-refractivity contribution in [2.24, 2.45) is 11.8 Å². The van der Waals surface area contributed by atoms with E-state index in [1.54, 1.807) is 0 Å². The van der Waals surface area contributed by atoms with E-state index in [9.17, 15) is 23.2 Å². The maximum Gasteiger partial charge on any atom is 0.306 e. The zero-order valence-electron chi connectivity index (χ0n) is 20.3. The zero-order chi connectivity index (χ0) is 26.4. The number of nitrogens with one attached hydrogen (secondary N) is 2. The number of carbonyl (C=O) groups excluding carboxylic acids is 2. The molecular formula is C27H30F2N2O6. The van der Waals surface area contributed by atoms with Gasteiger partial charge in [0.1, 0.15) is 11.6 Å². The lowest BCUT2D eigenvalue weighted by Crippen LogP contribution is -2.35. The molecule has 0 aromatic heterocycles. The minimum Gasteiger partial charge on any atom is -0.490 e. The van der Waals surface area contributed by atoms with Gasteiger partial charge in [0.25, 0.3) is 11.8 Å². The predicted octanol–water partition coefficient (Wildman–Crippen LogP) is 3.94. The number of rotatable bonds is 11. The van der Waals surface area contributed by atoms with E-state index < -0.39 is 29.4 Å². The van der Waals surface area contributed by atoms with Gasteiger partial charge in [0, 0.05) is 24.7 Å². The zero-order valence-corrected chi connectivity index (χ0v) is 20.3. The molecule has 37 heavy (non-hydrogen) atoms. The lowest BCUT2D eigenvalue weighted by molar-refractivity contribution is -0.143. The Kier molecular flexibility index (Phi) is 8.58. The first-order valence-electron chi connectivity index (χ1n) is 12.5. The minimum atomic E-state index is -0.809. The highest BCUT2D eigenvalue weighted by Gasteiger charge is 2.27. The van der Waals surface area contributed by atoms with E-state index in [2.05, 4.69) is 10.6 Å². The Morgan fingerprint density at radius 1 is 0.865 bits per heavy atom. The number of aliphatic carboxylic acids is 1. The van der Waals surface area contributed by atoms with Gasteiger partial charge in [-0.1, -0.05) is 0 Å². The minimum absolute atomic E-state index is 0.0418. The monoisotopic (exact) mass is 516 g/mol. The van der Waals surface area contributed by atoms with Gasteiger partial charge in [-0.3, -0.25) is 14.4 Å². The van der Waals surface area contributed by atoms with Crippen LogP contribution >= 0.6 is 0 Å². The van der Waals surface area contributed by atoms with E-state index in [1.807, 2.05) is 0 Å². The standard InChI is InChI=1S/C27H30F2N2O6/c28-22-14-20(37-19-6-3-17(4-7-19)27(34)35)8-9-21(22)26(33)31-12-11-30-25(32)18-5-10-24(23(29)13-18)36-15-16-1-2-16/h5,8-10,13-14,16-17,19H,1-4,6-7,11-12,15H2,(H,30,32)(H,31,33)(H,34,35). The van der Waals surface area contributed by atoms with Gasteiger partial charge < -0.3 is 25.2 Å². The van der Waals surface area contributed by atoms with Gasteiger partial charge in [0.05, 0.1) is 24.2 Å². The van der Waals surface area contributed by atoms with Gasteiger partial charge in [-0.05, 0) is 74.8 Å². The quantitative estimate of drug-likeness (QED) is 0.390. The lowest BCUT2D eigenvalue weighted by Gasteiger charge is -2.26. The van der Waals surface area contributed by atoms with Crippen molar-refractivity contribution in [2.75, 3.05) is 19.7 Å². The van der Waals surface area contributed by atoms with Crippen molar-refractivity contribution in [3.63, 3.8) is 0 Å². The molecule has 0 unspecified atom stereocenters. The molecule has 0 bridgehead atoms. The summed E-state index contributed by atoms with van der Waals surface area (Å²) in [6.45, 7) is 0.572. The molecule has 0 spiro atoms. The highest BCUT2D eigenvalue weighted by molar-refractivity contribution is 5.95. The predicted molar refractivity (Wildman–Crippen MR) is 130 cm³/mol. The van der Waals surface area contributed by atoms with Crippen LogP contribution < -0.4 is 20.1 Å². The van der Waals surface area contributed by atoms with Crippen LogP contribution in [0.4, 0.5) is 8.78 Å². The second kappa shape index (κ2) is 12.0. The molecule has 10 heteroatoms. The highest BCUT2D eigenvalue weighted by Crippen LogP contribution is 2.30. The fourth-order valence-corrected chi connectivity index (χ4v) is 4.17. The van der Waals surface area contributed by atoms with Crippen LogP contribution in [0, 0.1) is 23.5 Å². The normalized spacial score (nSPS) is 19.1. The Labute approximate surface area is 213 Å². The molecule has 2 saturated carbocycles. The van der Waals surface area contributed by atoms with E-state index >= 15 is 0 Å². The maximum atomic E-state index is 14.5. The molecule has 198 valence electrons. The molecule has 8 nitrogen and oxygen atoms in total. The maximum absolute atomic E-state index is 14.5. The van der Waals surface area contributed by atoms with E-state index in [-0.39, 0.29) is 47.7 Å². The number of benzene rings is 2. The van der Waals surface area contributed by atoms with Crippen molar-refractivity contribution in [1.29, 1.82) is 0 Å². The van der Waals surface area contributed by atoms with Gasteiger partial charge in [-0.15, -0.1) is 0 Å². The number of carboxylic acids is 1. The molecule has 2 aliphatic rings. The number of hydrogen-bond donors (Lipinski definition) is 3. The van der Waals surface area contributed by atoms with Crippen LogP contribution in [0.3, 0.4) is 0 Å². The Morgan fingerprint density at radius 3 is 2.19 bits per heavy atom. The highest BCUT2D eigenvalue weighted by atomic mass is 19.1. The van der Waals surface area contributed by atoms with Gasteiger partial charge in [0.2, 0.25) is 0 Å². The molecule has 2 aromatic rings. The summed E-state index contributed by atoms with van der Waals surface area (Å²) in [5.74, 6) is -2.84. The third-order valence-electron chi connectivity index (χ3n) is 6.57. The summed E-state index contributed by atoms with van der Waals surface area (Å²) in [7, 11) is 0. The molecule has 2 fully saturated rings. The van der Waals surface area contributed by atoms with Gasteiger partial charge in [-0.2, -0.15) is 0 Å². The van der Waals surface area contributed by atoms with Crippen LogP contribution in [-0.4, -0.2) is 48.7 Å². The summed E-state index contributed by atoms with van der Waals surface area (Å²) in [5.41, 5.74) is -0.0437. The fraction of sp³-hybridized carbons (Fsp3) is 0.444. The van der Waals surface area contributed by atoms with E-state index in [0.717, 1.165) is 25.0 Å².